The van der Waals surface area contributed by atoms with Crippen LogP contribution < -0.4 is 9.46 Å². The third-order valence-electron chi connectivity index (χ3n) is 3.35. The van der Waals surface area contributed by atoms with Crippen molar-refractivity contribution < 1.29 is 18.3 Å². The van der Waals surface area contributed by atoms with Crippen LogP contribution in [0.5, 0.6) is 5.75 Å². The Balaban J connectivity index is 2.27. The topological polar surface area (TPSA) is 75.6 Å². The maximum atomic E-state index is 12.5. The van der Waals surface area contributed by atoms with Crippen molar-refractivity contribution in [3.8, 4) is 5.75 Å². The first-order chi connectivity index (χ1) is 9.97. The lowest BCUT2D eigenvalue weighted by Gasteiger charge is -2.15. The molecule has 1 heterocycles. The van der Waals surface area contributed by atoms with Gasteiger partial charge in [0.15, 0.2) is 0 Å². The quantitative estimate of drug-likeness (QED) is 0.818. The number of methoxy groups -OCH3 is 1. The van der Waals surface area contributed by atoms with Crippen LogP contribution in [0.4, 0.5) is 0 Å². The van der Waals surface area contributed by atoms with Crippen LogP contribution in [0.1, 0.15) is 12.0 Å². The Kier molecular flexibility index (Phi) is 5.79. The van der Waals surface area contributed by atoms with Crippen LogP contribution in [0.2, 0.25) is 5.02 Å². The highest BCUT2D eigenvalue weighted by Gasteiger charge is 2.25. The number of sulfonamides is 1. The summed E-state index contributed by atoms with van der Waals surface area (Å²) >= 11 is 7.76. The lowest BCUT2D eigenvalue weighted by atomic mass is 10.1. The molecule has 0 saturated carbocycles. The molecule has 1 aliphatic rings. The van der Waals surface area contributed by atoms with Crippen LogP contribution in [-0.4, -0.2) is 38.7 Å². The van der Waals surface area contributed by atoms with Crippen LogP contribution in [0.15, 0.2) is 17.0 Å². The first-order valence-corrected chi connectivity index (χ1v) is 9.54. The van der Waals surface area contributed by atoms with Gasteiger partial charge in [0.25, 0.3) is 0 Å². The van der Waals surface area contributed by atoms with Gasteiger partial charge in [0.05, 0.1) is 13.7 Å². The van der Waals surface area contributed by atoms with Gasteiger partial charge in [0.2, 0.25) is 10.0 Å². The molecule has 1 fully saturated rings. The molecule has 2 N–H and O–H groups in total. The molecule has 1 aromatic carbocycles. The second-order valence-corrected chi connectivity index (χ2v) is 8.16. The Hall–Kier alpha value is -0.470. The predicted molar refractivity (Wildman–Crippen MR) is 84.5 cm³/mol. The fourth-order valence-corrected chi connectivity index (χ4v) is 5.16. The number of ether oxygens (including phenoxy) is 1. The molecule has 118 valence electrons. The highest BCUT2D eigenvalue weighted by atomic mass is 35.5. The average Bonchev–Trinajstić information content (AvgIpc) is 2.97. The van der Waals surface area contributed by atoms with E-state index in [1.165, 1.54) is 19.2 Å². The van der Waals surface area contributed by atoms with Crippen molar-refractivity contribution in [2.75, 3.05) is 25.2 Å². The normalized spacial score (nSPS) is 18.9. The SMILES string of the molecule is COc1c(CO)cc(Cl)cc1S(=O)(=O)NCC1CCSC1. The van der Waals surface area contributed by atoms with E-state index in [0.717, 1.165) is 17.9 Å². The maximum Gasteiger partial charge on any atom is 0.244 e. The molecule has 21 heavy (non-hydrogen) atoms. The van der Waals surface area contributed by atoms with Crippen molar-refractivity contribution in [1.82, 2.24) is 4.72 Å². The molecule has 5 nitrogen and oxygen atoms in total. The smallest absolute Gasteiger partial charge is 0.244 e. The van der Waals surface area contributed by atoms with Gasteiger partial charge in [-0.2, -0.15) is 11.8 Å². The van der Waals surface area contributed by atoms with Crippen molar-refractivity contribution in [3.63, 3.8) is 0 Å². The standard InChI is InChI=1S/C13H18ClNO4S2/c1-19-13-10(7-16)4-11(14)5-12(13)21(17,18)15-6-9-2-3-20-8-9/h4-5,9,15-16H,2-3,6-8H2,1H3. The lowest BCUT2D eigenvalue weighted by Crippen LogP contribution is -2.30. The highest BCUT2D eigenvalue weighted by molar-refractivity contribution is 7.99. The molecule has 8 heteroatoms. The first kappa shape index (κ1) is 16.9. The summed E-state index contributed by atoms with van der Waals surface area (Å²) in [5.41, 5.74) is 0.349. The number of halogens is 1. The van der Waals surface area contributed by atoms with E-state index in [1.807, 2.05) is 11.8 Å². The fourth-order valence-electron chi connectivity index (χ4n) is 2.22. The number of aliphatic hydroxyl groups excluding tert-OH is 1. The van der Waals surface area contributed by atoms with Gasteiger partial charge in [-0.3, -0.25) is 0 Å². The highest BCUT2D eigenvalue weighted by Crippen LogP contribution is 2.32. The van der Waals surface area contributed by atoms with Crippen molar-refractivity contribution in [2.24, 2.45) is 5.92 Å². The van der Waals surface area contributed by atoms with Crippen LogP contribution in [-0.2, 0) is 16.6 Å². The monoisotopic (exact) mass is 351 g/mol. The second-order valence-electron chi connectivity index (χ2n) is 4.84. The summed E-state index contributed by atoms with van der Waals surface area (Å²) in [5.74, 6) is 2.53. The van der Waals surface area contributed by atoms with Crippen molar-refractivity contribution in [2.45, 2.75) is 17.9 Å². The zero-order valence-corrected chi connectivity index (χ0v) is 14.0. The van der Waals surface area contributed by atoms with Crippen LogP contribution in [0, 0.1) is 5.92 Å². The molecule has 0 bridgehead atoms. The lowest BCUT2D eigenvalue weighted by molar-refractivity contribution is 0.272. The van der Waals surface area contributed by atoms with Gasteiger partial charge >= 0.3 is 0 Å². The Labute approximate surface area is 134 Å². The third-order valence-corrected chi connectivity index (χ3v) is 6.23. The Morgan fingerprint density at radius 1 is 1.52 bits per heavy atom. The second kappa shape index (κ2) is 7.19. The Morgan fingerprint density at radius 2 is 2.29 bits per heavy atom. The zero-order chi connectivity index (χ0) is 15.5. The minimum atomic E-state index is -3.73. The van der Waals surface area contributed by atoms with Gasteiger partial charge in [-0.15, -0.1) is 0 Å². The number of rotatable bonds is 6. The van der Waals surface area contributed by atoms with E-state index >= 15 is 0 Å². The van der Waals surface area contributed by atoms with Gasteiger partial charge in [-0.25, -0.2) is 13.1 Å². The van der Waals surface area contributed by atoms with E-state index < -0.39 is 10.0 Å². The predicted octanol–water partition coefficient (Wildman–Crippen LogP) is 1.87. The first-order valence-electron chi connectivity index (χ1n) is 6.52. The molecule has 1 aromatic rings. The molecule has 1 aliphatic heterocycles. The summed E-state index contributed by atoms with van der Waals surface area (Å²) < 4.78 is 32.6. The van der Waals surface area contributed by atoms with Gasteiger partial charge in [-0.05, 0) is 36.0 Å². The Bertz CT molecular complexity index is 600. The molecular weight excluding hydrogens is 334 g/mol. The Morgan fingerprint density at radius 3 is 2.86 bits per heavy atom. The summed E-state index contributed by atoms with van der Waals surface area (Å²) in [6.45, 7) is 0.0605. The number of nitrogens with one attached hydrogen (secondary N) is 1. The van der Waals surface area contributed by atoms with Crippen LogP contribution >= 0.6 is 23.4 Å². The van der Waals surface area contributed by atoms with E-state index in [1.54, 1.807) is 0 Å². The van der Waals surface area contributed by atoms with Crippen molar-refractivity contribution in [1.29, 1.82) is 0 Å². The van der Waals surface area contributed by atoms with Crippen molar-refractivity contribution in [3.05, 3.63) is 22.7 Å². The number of benzene rings is 1. The molecule has 0 amide bonds. The molecule has 0 aromatic heterocycles. The molecule has 0 aliphatic carbocycles. The van der Waals surface area contributed by atoms with Crippen molar-refractivity contribution >= 4 is 33.4 Å². The number of thioether (sulfide) groups is 1. The fraction of sp³-hybridized carbons (Fsp3) is 0.538. The number of aliphatic hydroxyl groups is 1. The minimum Gasteiger partial charge on any atom is -0.495 e. The van der Waals surface area contributed by atoms with Gasteiger partial charge in [0.1, 0.15) is 10.6 Å². The summed E-state index contributed by atoms with van der Waals surface area (Å²) in [5, 5.41) is 9.56. The van der Waals surface area contributed by atoms with Gasteiger partial charge in [-0.1, -0.05) is 11.6 Å². The van der Waals surface area contributed by atoms with Gasteiger partial charge in [0, 0.05) is 17.1 Å². The van der Waals surface area contributed by atoms with Crippen LogP contribution in [0.3, 0.4) is 0 Å². The van der Waals surface area contributed by atoms with E-state index in [9.17, 15) is 13.5 Å². The summed E-state index contributed by atoms with van der Waals surface area (Å²) in [6, 6.07) is 2.83. The summed E-state index contributed by atoms with van der Waals surface area (Å²) in [4.78, 5) is -0.0350. The van der Waals surface area contributed by atoms with E-state index in [4.69, 9.17) is 16.3 Å². The molecule has 1 saturated heterocycles. The molecule has 2 rings (SSSR count). The van der Waals surface area contributed by atoms with Gasteiger partial charge < -0.3 is 9.84 Å². The average molecular weight is 352 g/mol. The molecular formula is C13H18ClNO4S2. The molecule has 1 atom stereocenters. The molecule has 0 spiro atoms. The number of hydrogen-bond acceptors (Lipinski definition) is 5. The van der Waals surface area contributed by atoms with Crippen LogP contribution in [0.25, 0.3) is 0 Å². The summed E-state index contributed by atoms with van der Waals surface area (Å²) in [7, 11) is -2.36. The number of hydrogen-bond donors (Lipinski definition) is 2. The zero-order valence-electron chi connectivity index (χ0n) is 11.6. The maximum absolute atomic E-state index is 12.5. The van der Waals surface area contributed by atoms with E-state index in [2.05, 4.69) is 4.72 Å². The summed E-state index contributed by atoms with van der Waals surface area (Å²) in [6.07, 6.45) is 1.02. The third kappa shape index (κ3) is 4.04. The molecule has 0 radical (unpaired) electrons. The van der Waals surface area contributed by atoms with E-state index in [-0.39, 0.29) is 22.3 Å². The minimum absolute atomic E-state index is 0.0350. The largest absolute Gasteiger partial charge is 0.495 e. The molecule has 1 unspecified atom stereocenters. The van der Waals surface area contributed by atoms with E-state index in [0.29, 0.717) is 18.0 Å².